The van der Waals surface area contributed by atoms with Crippen molar-refractivity contribution >= 4 is 11.7 Å². The molecule has 0 radical (unpaired) electrons. The zero-order chi connectivity index (χ0) is 13.6. The molecule has 5 rings (SSSR count). The summed E-state index contributed by atoms with van der Waals surface area (Å²) in [6.07, 6.45) is 10.5. The topological polar surface area (TPSA) is 42.0 Å². The van der Waals surface area contributed by atoms with Crippen molar-refractivity contribution in [2.24, 2.45) is 23.2 Å². The fourth-order valence-corrected chi connectivity index (χ4v) is 5.16. The van der Waals surface area contributed by atoms with Gasteiger partial charge in [-0.3, -0.25) is 4.79 Å². The van der Waals surface area contributed by atoms with E-state index >= 15 is 0 Å². The summed E-state index contributed by atoms with van der Waals surface area (Å²) in [5.41, 5.74) is -0.0927. The van der Waals surface area contributed by atoms with Crippen molar-refractivity contribution in [3.05, 3.63) is 24.4 Å². The molecule has 2 unspecified atom stereocenters. The zero-order valence-corrected chi connectivity index (χ0v) is 11.8. The van der Waals surface area contributed by atoms with Crippen LogP contribution in [0.15, 0.2) is 24.4 Å². The monoisotopic (exact) mass is 270 g/mol. The predicted molar refractivity (Wildman–Crippen MR) is 78.1 cm³/mol. The Balaban J connectivity index is 1.59. The maximum atomic E-state index is 12.9. The Labute approximate surface area is 120 Å². The van der Waals surface area contributed by atoms with Crippen molar-refractivity contribution in [1.29, 1.82) is 0 Å². The summed E-state index contributed by atoms with van der Waals surface area (Å²) in [5.74, 6) is 3.31. The molecule has 2 atom stereocenters. The van der Waals surface area contributed by atoms with Gasteiger partial charge < -0.3 is 5.32 Å². The molecule has 20 heavy (non-hydrogen) atoms. The Morgan fingerprint density at radius 3 is 2.45 bits per heavy atom. The van der Waals surface area contributed by atoms with Gasteiger partial charge >= 0.3 is 0 Å². The maximum Gasteiger partial charge on any atom is 0.231 e. The average molecular weight is 270 g/mol. The van der Waals surface area contributed by atoms with Gasteiger partial charge in [-0.05, 0) is 62.0 Å². The summed E-state index contributed by atoms with van der Waals surface area (Å²) in [4.78, 5) is 17.1. The highest BCUT2D eigenvalue weighted by Gasteiger charge is 2.52. The fraction of sp³-hybridized carbons (Fsp3) is 0.647. The van der Waals surface area contributed by atoms with E-state index < -0.39 is 0 Å². The van der Waals surface area contributed by atoms with E-state index in [1.807, 2.05) is 18.2 Å². The van der Waals surface area contributed by atoms with E-state index in [1.54, 1.807) is 6.20 Å². The highest BCUT2D eigenvalue weighted by Crippen LogP contribution is 2.58. The van der Waals surface area contributed by atoms with Crippen LogP contribution in [0.25, 0.3) is 0 Å². The number of hydrogen-bond acceptors (Lipinski definition) is 2. The number of aromatic nitrogens is 1. The summed E-state index contributed by atoms with van der Waals surface area (Å²) in [6, 6.07) is 5.69. The van der Waals surface area contributed by atoms with Crippen LogP contribution in [0.1, 0.15) is 44.9 Å². The summed E-state index contributed by atoms with van der Waals surface area (Å²) >= 11 is 0. The molecule has 4 fully saturated rings. The van der Waals surface area contributed by atoms with E-state index in [2.05, 4.69) is 10.3 Å². The first-order valence-corrected chi connectivity index (χ1v) is 7.96. The lowest BCUT2D eigenvalue weighted by Gasteiger charge is -2.46. The predicted octanol–water partition coefficient (Wildman–Crippen LogP) is 3.63. The molecule has 0 spiro atoms. The van der Waals surface area contributed by atoms with Gasteiger partial charge in [0.25, 0.3) is 0 Å². The Morgan fingerprint density at radius 1 is 1.10 bits per heavy atom. The second-order valence-electron chi connectivity index (χ2n) is 7.21. The van der Waals surface area contributed by atoms with Crippen molar-refractivity contribution in [1.82, 2.24) is 4.98 Å². The van der Waals surface area contributed by atoms with Gasteiger partial charge in [-0.25, -0.2) is 4.98 Å². The number of pyridine rings is 1. The van der Waals surface area contributed by atoms with Gasteiger partial charge in [0.2, 0.25) is 5.91 Å². The Morgan fingerprint density at radius 2 is 1.80 bits per heavy atom. The third-order valence-electron chi connectivity index (χ3n) is 5.74. The van der Waals surface area contributed by atoms with Gasteiger partial charge in [0.1, 0.15) is 5.82 Å². The summed E-state index contributed by atoms with van der Waals surface area (Å²) in [5, 5.41) is 3.08. The molecule has 1 N–H and O–H groups in total. The lowest BCUT2D eigenvalue weighted by atomic mass is 9.58. The summed E-state index contributed by atoms with van der Waals surface area (Å²) < 4.78 is 0. The van der Waals surface area contributed by atoms with E-state index in [9.17, 15) is 4.79 Å². The quantitative estimate of drug-likeness (QED) is 0.891. The van der Waals surface area contributed by atoms with Crippen LogP contribution >= 0.6 is 0 Å². The van der Waals surface area contributed by atoms with Crippen molar-refractivity contribution in [2.45, 2.75) is 44.9 Å². The number of carbonyl (C=O) groups excluding carboxylic acids is 1. The van der Waals surface area contributed by atoms with Gasteiger partial charge in [-0.1, -0.05) is 18.9 Å². The first-order chi connectivity index (χ1) is 9.73. The minimum Gasteiger partial charge on any atom is -0.310 e. The molecule has 1 aromatic heterocycles. The largest absolute Gasteiger partial charge is 0.310 e. The molecule has 106 valence electrons. The molecule has 1 amide bonds. The maximum absolute atomic E-state index is 12.9. The third kappa shape index (κ3) is 2.04. The second-order valence-corrected chi connectivity index (χ2v) is 7.21. The van der Waals surface area contributed by atoms with Crippen molar-refractivity contribution < 1.29 is 4.79 Å². The lowest BCUT2D eigenvalue weighted by molar-refractivity contribution is -0.132. The Hall–Kier alpha value is -1.38. The number of anilines is 1. The molecule has 3 heteroatoms. The zero-order valence-electron chi connectivity index (χ0n) is 11.8. The van der Waals surface area contributed by atoms with Crippen LogP contribution in [0.2, 0.25) is 0 Å². The van der Waals surface area contributed by atoms with Gasteiger partial charge in [0.15, 0.2) is 0 Å². The molecular formula is C17H22N2O. The fourth-order valence-electron chi connectivity index (χ4n) is 5.16. The molecule has 4 bridgehead atoms. The highest BCUT2D eigenvalue weighted by atomic mass is 16.2. The molecule has 1 heterocycles. The van der Waals surface area contributed by atoms with E-state index in [0.717, 1.165) is 37.0 Å². The van der Waals surface area contributed by atoms with Crippen molar-refractivity contribution in [3.8, 4) is 0 Å². The van der Waals surface area contributed by atoms with Crippen LogP contribution in [-0.4, -0.2) is 10.9 Å². The molecule has 0 aliphatic heterocycles. The van der Waals surface area contributed by atoms with Crippen LogP contribution in [0, 0.1) is 23.2 Å². The molecule has 0 saturated heterocycles. The van der Waals surface area contributed by atoms with Gasteiger partial charge in [-0.15, -0.1) is 0 Å². The third-order valence-corrected chi connectivity index (χ3v) is 5.74. The van der Waals surface area contributed by atoms with Gasteiger partial charge in [0, 0.05) is 6.20 Å². The number of hydrogen-bond donors (Lipinski definition) is 1. The molecule has 4 aliphatic rings. The van der Waals surface area contributed by atoms with Gasteiger partial charge in [0.05, 0.1) is 5.41 Å². The first kappa shape index (κ1) is 12.4. The minimum absolute atomic E-state index is 0.0927. The lowest BCUT2D eigenvalue weighted by Crippen LogP contribution is -2.46. The first-order valence-electron chi connectivity index (χ1n) is 7.96. The normalized spacial score (nSPS) is 38.5. The number of fused-ring (bicyclic) bond motifs is 1. The molecule has 3 nitrogen and oxygen atoms in total. The van der Waals surface area contributed by atoms with Crippen molar-refractivity contribution in [3.63, 3.8) is 0 Å². The molecule has 1 aromatic rings. The van der Waals surface area contributed by atoms with E-state index in [-0.39, 0.29) is 11.3 Å². The molecule has 4 aliphatic carbocycles. The number of nitrogens with one attached hydrogen (secondary N) is 1. The van der Waals surface area contributed by atoms with Crippen LogP contribution in [0.5, 0.6) is 0 Å². The average Bonchev–Trinajstić information content (AvgIpc) is 2.66. The SMILES string of the molecule is O=C(Nc1ccccn1)C12CC3CCC(CC(C3)C1)C2. The molecule has 0 aromatic carbocycles. The number of nitrogens with zero attached hydrogens (tertiary/aromatic N) is 1. The van der Waals surface area contributed by atoms with E-state index in [4.69, 9.17) is 0 Å². The highest BCUT2D eigenvalue weighted by molar-refractivity contribution is 5.94. The van der Waals surface area contributed by atoms with Gasteiger partial charge in [-0.2, -0.15) is 0 Å². The van der Waals surface area contributed by atoms with Crippen LogP contribution < -0.4 is 5.32 Å². The standard InChI is InChI=1S/C17H22N2O/c20-16(19-15-3-1-2-6-18-15)17-9-12-4-5-13(10-17)8-14(7-12)11-17/h1-3,6,12-14H,4-5,7-11H2,(H,18,19,20). The van der Waals surface area contributed by atoms with E-state index in [0.29, 0.717) is 5.82 Å². The van der Waals surface area contributed by atoms with Crippen LogP contribution in [0.3, 0.4) is 0 Å². The van der Waals surface area contributed by atoms with E-state index in [1.165, 1.54) is 25.7 Å². The second kappa shape index (κ2) is 4.57. The minimum atomic E-state index is -0.0927. The summed E-state index contributed by atoms with van der Waals surface area (Å²) in [6.45, 7) is 0. The number of carbonyl (C=O) groups is 1. The molecular weight excluding hydrogens is 248 g/mol. The van der Waals surface area contributed by atoms with Crippen LogP contribution in [-0.2, 0) is 4.79 Å². The number of amides is 1. The van der Waals surface area contributed by atoms with Crippen LogP contribution in [0.4, 0.5) is 5.82 Å². The number of rotatable bonds is 2. The van der Waals surface area contributed by atoms with Crippen molar-refractivity contribution in [2.75, 3.05) is 5.32 Å². The smallest absolute Gasteiger partial charge is 0.231 e. The Kier molecular flexibility index (Phi) is 2.83. The molecule has 4 saturated carbocycles. The Bertz CT molecular complexity index is 497. The summed E-state index contributed by atoms with van der Waals surface area (Å²) in [7, 11) is 0.